The predicted octanol–water partition coefficient (Wildman–Crippen LogP) is 2.88. The van der Waals surface area contributed by atoms with Crippen molar-refractivity contribution in [3.05, 3.63) is 28.9 Å². The highest BCUT2D eigenvalue weighted by molar-refractivity contribution is 5.46. The molecule has 1 aromatic heterocycles. The van der Waals surface area contributed by atoms with Gasteiger partial charge in [0.1, 0.15) is 0 Å². The second kappa shape index (κ2) is 8.22. The monoisotopic (exact) mass is 205 g/mol. The first-order valence-corrected chi connectivity index (χ1v) is 5.99. The summed E-state index contributed by atoms with van der Waals surface area (Å²) in [6.07, 6.45) is 6.46. The molecular weight excluding hydrogens is 182 g/mol. The molecule has 0 saturated heterocycles. The Morgan fingerprint density at radius 1 is 1.13 bits per heavy atom. The molecule has 84 valence electrons. The molecule has 1 heterocycles. The lowest BCUT2D eigenvalue weighted by atomic mass is 10.1. The molecular formula is C14H23N. The number of fused-ring (bicyclic) bond motifs is 1. The number of aromatic nitrogens is 1. The van der Waals surface area contributed by atoms with E-state index in [9.17, 15) is 0 Å². The van der Waals surface area contributed by atoms with E-state index in [1.165, 1.54) is 29.0 Å². The predicted molar refractivity (Wildman–Crippen MR) is 69.0 cm³/mol. The summed E-state index contributed by atoms with van der Waals surface area (Å²) in [4.78, 5) is 4.33. The second-order valence-electron chi connectivity index (χ2n) is 2.96. The van der Waals surface area contributed by atoms with Crippen molar-refractivity contribution in [2.75, 3.05) is 0 Å². The van der Waals surface area contributed by atoms with E-state index < -0.39 is 0 Å². The van der Waals surface area contributed by atoms with Gasteiger partial charge in [-0.3, -0.25) is 4.98 Å². The maximum atomic E-state index is 4.33. The summed E-state index contributed by atoms with van der Waals surface area (Å²) in [5.41, 5.74) is 1.42. The third-order valence-electron chi connectivity index (χ3n) is 2.13. The standard InChI is InChI=1S/C10H11N.2C2H6/c1-8-4-2-5-9-6-3-7-11-10(8)9;2*1-2/h3,5-7H,2,4H2,1H3;2*1-2H3. The zero-order chi connectivity index (χ0) is 11.7. The van der Waals surface area contributed by atoms with E-state index in [0.717, 1.165) is 0 Å². The number of hydrogen-bond acceptors (Lipinski definition) is 1. The van der Waals surface area contributed by atoms with E-state index in [1.54, 1.807) is 0 Å². The molecule has 1 aliphatic carbocycles. The van der Waals surface area contributed by atoms with Gasteiger partial charge in [0.15, 0.2) is 0 Å². The van der Waals surface area contributed by atoms with E-state index in [1.807, 2.05) is 40.0 Å². The fourth-order valence-corrected chi connectivity index (χ4v) is 1.50. The molecule has 1 aromatic rings. The first-order chi connectivity index (χ1) is 7.38. The van der Waals surface area contributed by atoms with E-state index in [4.69, 9.17) is 0 Å². The Morgan fingerprint density at radius 2 is 1.80 bits per heavy atom. The molecule has 0 saturated carbocycles. The van der Waals surface area contributed by atoms with Crippen LogP contribution in [0.4, 0.5) is 0 Å². The first-order valence-electron chi connectivity index (χ1n) is 5.99. The highest BCUT2D eigenvalue weighted by Crippen LogP contribution is 2.04. The van der Waals surface area contributed by atoms with Crippen LogP contribution in [0, 0.1) is 0 Å². The van der Waals surface area contributed by atoms with Crippen LogP contribution in [-0.4, -0.2) is 4.98 Å². The second-order valence-corrected chi connectivity index (χ2v) is 2.96. The van der Waals surface area contributed by atoms with Gasteiger partial charge in [0, 0.05) is 6.20 Å². The first kappa shape index (κ1) is 13.9. The Morgan fingerprint density at radius 3 is 2.40 bits per heavy atom. The van der Waals surface area contributed by atoms with Crippen LogP contribution in [0.25, 0.3) is 11.6 Å². The van der Waals surface area contributed by atoms with Crippen LogP contribution in [0.2, 0.25) is 0 Å². The molecule has 0 spiro atoms. The van der Waals surface area contributed by atoms with Crippen LogP contribution in [0.15, 0.2) is 18.3 Å². The minimum absolute atomic E-state index is 1.17. The van der Waals surface area contributed by atoms with E-state index in [0.29, 0.717) is 0 Å². The minimum atomic E-state index is 1.17. The fourth-order valence-electron chi connectivity index (χ4n) is 1.50. The Balaban J connectivity index is 0.000000442. The summed E-state index contributed by atoms with van der Waals surface area (Å²) in [6, 6.07) is 4.12. The van der Waals surface area contributed by atoms with Gasteiger partial charge < -0.3 is 0 Å². The van der Waals surface area contributed by atoms with Crippen molar-refractivity contribution >= 4 is 11.6 Å². The number of nitrogens with zero attached hydrogens (tertiary/aromatic N) is 1. The molecule has 0 aliphatic heterocycles. The number of rotatable bonds is 0. The maximum absolute atomic E-state index is 4.33. The molecule has 0 radical (unpaired) electrons. The average Bonchev–Trinajstić information content (AvgIpc) is 2.35. The van der Waals surface area contributed by atoms with E-state index >= 15 is 0 Å². The molecule has 0 amide bonds. The van der Waals surface area contributed by atoms with Gasteiger partial charge >= 0.3 is 0 Å². The molecule has 2 rings (SSSR count). The molecule has 0 bridgehead atoms. The van der Waals surface area contributed by atoms with Crippen LogP contribution in [0.3, 0.4) is 0 Å². The number of hydrogen-bond donors (Lipinski definition) is 0. The Bertz CT molecular complexity index is 377. The molecule has 1 aliphatic rings. The van der Waals surface area contributed by atoms with Gasteiger partial charge in [-0.25, -0.2) is 0 Å². The van der Waals surface area contributed by atoms with Crippen LogP contribution in [-0.2, 0) is 0 Å². The van der Waals surface area contributed by atoms with Gasteiger partial charge in [0.2, 0.25) is 0 Å². The highest BCUT2D eigenvalue weighted by atomic mass is 14.6. The minimum Gasteiger partial charge on any atom is -0.256 e. The molecule has 15 heavy (non-hydrogen) atoms. The van der Waals surface area contributed by atoms with Crippen LogP contribution >= 0.6 is 0 Å². The van der Waals surface area contributed by atoms with Crippen molar-refractivity contribution in [3.63, 3.8) is 0 Å². The van der Waals surface area contributed by atoms with Gasteiger partial charge in [0.25, 0.3) is 0 Å². The van der Waals surface area contributed by atoms with Crippen molar-refractivity contribution in [3.8, 4) is 0 Å². The molecule has 0 aromatic carbocycles. The summed E-state index contributed by atoms with van der Waals surface area (Å²) >= 11 is 0. The van der Waals surface area contributed by atoms with Crippen LogP contribution in [0.5, 0.6) is 0 Å². The molecule has 0 fully saturated rings. The largest absolute Gasteiger partial charge is 0.256 e. The summed E-state index contributed by atoms with van der Waals surface area (Å²) in [7, 11) is 0. The highest BCUT2D eigenvalue weighted by Gasteiger charge is 1.98. The molecule has 0 N–H and O–H groups in total. The molecule has 1 nitrogen and oxygen atoms in total. The van der Waals surface area contributed by atoms with E-state index in [-0.39, 0.29) is 0 Å². The van der Waals surface area contributed by atoms with Crippen molar-refractivity contribution in [2.24, 2.45) is 0 Å². The summed E-state index contributed by atoms with van der Waals surface area (Å²) in [5, 5.41) is 2.50. The van der Waals surface area contributed by atoms with Crippen molar-refractivity contribution in [1.82, 2.24) is 4.98 Å². The zero-order valence-electron chi connectivity index (χ0n) is 10.7. The molecule has 0 unspecified atom stereocenters. The summed E-state index contributed by atoms with van der Waals surface area (Å²) in [5.74, 6) is 0. The SMILES string of the molecule is CC.CC.CC1=c2ncccc2=CCC1. The normalized spacial score (nSPS) is 12.2. The van der Waals surface area contributed by atoms with Gasteiger partial charge in [-0.15, -0.1) is 0 Å². The quantitative estimate of drug-likeness (QED) is 0.634. The van der Waals surface area contributed by atoms with Gasteiger partial charge in [-0.05, 0) is 36.6 Å². The molecule has 0 atom stereocenters. The summed E-state index contributed by atoms with van der Waals surface area (Å²) in [6.45, 7) is 10.2. The Kier molecular flexibility index (Phi) is 7.61. The smallest absolute Gasteiger partial charge is 0.0688 e. The average molecular weight is 205 g/mol. The lowest BCUT2D eigenvalue weighted by Gasteiger charge is -2.03. The van der Waals surface area contributed by atoms with Crippen LogP contribution in [0.1, 0.15) is 47.5 Å². The van der Waals surface area contributed by atoms with Crippen molar-refractivity contribution < 1.29 is 0 Å². The number of pyridine rings is 1. The Labute approximate surface area is 93.6 Å². The third-order valence-corrected chi connectivity index (χ3v) is 2.13. The van der Waals surface area contributed by atoms with Gasteiger partial charge in [0.05, 0.1) is 5.35 Å². The maximum Gasteiger partial charge on any atom is 0.0688 e. The summed E-state index contributed by atoms with van der Waals surface area (Å²) < 4.78 is 0. The Hall–Kier alpha value is -1.11. The lowest BCUT2D eigenvalue weighted by Crippen LogP contribution is -2.31. The van der Waals surface area contributed by atoms with E-state index in [2.05, 4.69) is 24.1 Å². The van der Waals surface area contributed by atoms with Gasteiger partial charge in [-0.2, -0.15) is 0 Å². The zero-order valence-corrected chi connectivity index (χ0v) is 10.7. The van der Waals surface area contributed by atoms with Crippen molar-refractivity contribution in [2.45, 2.75) is 47.5 Å². The molecule has 1 heteroatoms. The fraction of sp³-hybridized carbons (Fsp3) is 0.500. The van der Waals surface area contributed by atoms with Crippen LogP contribution < -0.4 is 10.6 Å². The third kappa shape index (κ3) is 3.86. The van der Waals surface area contributed by atoms with Crippen molar-refractivity contribution in [1.29, 1.82) is 0 Å². The van der Waals surface area contributed by atoms with Gasteiger partial charge in [-0.1, -0.05) is 39.8 Å². The topological polar surface area (TPSA) is 12.9 Å². The lowest BCUT2D eigenvalue weighted by molar-refractivity contribution is 1.03.